The van der Waals surface area contributed by atoms with Gasteiger partial charge in [0.15, 0.2) is 0 Å². The Morgan fingerprint density at radius 3 is 2.38 bits per heavy atom. The van der Waals surface area contributed by atoms with Crippen LogP contribution in [0.3, 0.4) is 0 Å². The van der Waals surface area contributed by atoms with E-state index in [9.17, 15) is 18.4 Å². The van der Waals surface area contributed by atoms with Gasteiger partial charge in [0.1, 0.15) is 5.92 Å². The Balaban J connectivity index is 2.46. The number of carbonyl (C=O) groups excluding carboxylic acids is 1. The molecule has 0 heterocycles. The number of nitrogens with one attached hydrogen (secondary N) is 1. The molecule has 74 valence electrons. The molecular weight excluding hydrogens is 184 g/mol. The van der Waals surface area contributed by atoms with E-state index in [1.165, 1.54) is 6.92 Å². The number of rotatable bonds is 3. The lowest BCUT2D eigenvalue weighted by atomic mass is 10.3. The molecule has 2 atom stereocenters. The summed E-state index contributed by atoms with van der Waals surface area (Å²) in [5.41, 5.74) is 0. The molecular formula is C7H9F2NO3. The highest BCUT2D eigenvalue weighted by molar-refractivity contribution is 5.77. The molecule has 13 heavy (non-hydrogen) atoms. The van der Waals surface area contributed by atoms with Crippen LogP contribution in [0.25, 0.3) is 0 Å². The van der Waals surface area contributed by atoms with Gasteiger partial charge in [-0.1, -0.05) is 0 Å². The average Bonchev–Trinajstić information content (AvgIpc) is 2.48. The fraction of sp³-hybridized carbons (Fsp3) is 0.714. The van der Waals surface area contributed by atoms with Crippen LogP contribution in [0.1, 0.15) is 6.92 Å². The van der Waals surface area contributed by atoms with Gasteiger partial charge in [-0.25, -0.2) is 8.78 Å². The zero-order valence-corrected chi connectivity index (χ0v) is 6.88. The topological polar surface area (TPSA) is 66.4 Å². The Morgan fingerprint density at radius 1 is 1.54 bits per heavy atom. The van der Waals surface area contributed by atoms with Gasteiger partial charge < -0.3 is 10.4 Å². The molecule has 1 amide bonds. The molecule has 1 aliphatic rings. The Kier molecular flexibility index (Phi) is 2.23. The van der Waals surface area contributed by atoms with Crippen LogP contribution < -0.4 is 5.32 Å². The van der Waals surface area contributed by atoms with Gasteiger partial charge in [-0.15, -0.1) is 0 Å². The van der Waals surface area contributed by atoms with Gasteiger partial charge in [-0.3, -0.25) is 9.59 Å². The number of hydrogen-bond acceptors (Lipinski definition) is 2. The van der Waals surface area contributed by atoms with Crippen molar-refractivity contribution in [2.24, 2.45) is 11.8 Å². The Bertz CT molecular complexity index is 254. The largest absolute Gasteiger partial charge is 0.481 e. The lowest BCUT2D eigenvalue weighted by molar-refractivity contribution is -0.141. The van der Waals surface area contributed by atoms with Gasteiger partial charge in [0.2, 0.25) is 5.91 Å². The third-order valence-electron chi connectivity index (χ3n) is 2.04. The van der Waals surface area contributed by atoms with E-state index in [-0.39, 0.29) is 6.54 Å². The molecule has 2 N–H and O–H groups in total. The van der Waals surface area contributed by atoms with Crippen molar-refractivity contribution in [3.05, 3.63) is 0 Å². The van der Waals surface area contributed by atoms with E-state index in [1.54, 1.807) is 0 Å². The molecule has 1 aliphatic carbocycles. The molecule has 0 radical (unpaired) electrons. The first-order valence-corrected chi connectivity index (χ1v) is 3.72. The number of carboxylic acid groups (broad SMARTS) is 1. The zero-order chi connectivity index (χ0) is 10.2. The van der Waals surface area contributed by atoms with Crippen LogP contribution >= 0.6 is 0 Å². The van der Waals surface area contributed by atoms with Crippen LogP contribution in [0.15, 0.2) is 0 Å². The fourth-order valence-electron chi connectivity index (χ4n) is 1.23. The minimum atomic E-state index is -3.17. The number of carboxylic acids is 1. The van der Waals surface area contributed by atoms with Crippen LogP contribution in [-0.4, -0.2) is 29.5 Å². The van der Waals surface area contributed by atoms with Crippen LogP contribution in [-0.2, 0) is 9.59 Å². The molecule has 6 heteroatoms. The summed E-state index contributed by atoms with van der Waals surface area (Å²) in [4.78, 5) is 20.6. The zero-order valence-electron chi connectivity index (χ0n) is 6.88. The van der Waals surface area contributed by atoms with Gasteiger partial charge in [-0.2, -0.15) is 0 Å². The molecule has 0 spiro atoms. The molecule has 4 nitrogen and oxygen atoms in total. The standard InChI is InChI=1S/C7H9F2NO3/c1-3(11)10-2-4-5(6(12)13)7(4,8)9/h4-5H,2H2,1H3,(H,10,11)(H,12,13)/t4-,5-/m1/s1. The van der Waals surface area contributed by atoms with Gasteiger partial charge in [0.25, 0.3) is 5.92 Å². The van der Waals surface area contributed by atoms with E-state index < -0.39 is 29.6 Å². The van der Waals surface area contributed by atoms with E-state index in [0.717, 1.165) is 0 Å². The summed E-state index contributed by atoms with van der Waals surface area (Å²) in [6, 6.07) is 0. The first-order valence-electron chi connectivity index (χ1n) is 3.72. The highest BCUT2D eigenvalue weighted by atomic mass is 19.3. The van der Waals surface area contributed by atoms with Crippen molar-refractivity contribution in [2.75, 3.05) is 6.54 Å². The summed E-state index contributed by atoms with van der Waals surface area (Å²) in [5, 5.41) is 10.5. The summed E-state index contributed by atoms with van der Waals surface area (Å²) < 4.78 is 25.3. The van der Waals surface area contributed by atoms with Crippen LogP contribution in [0.4, 0.5) is 8.78 Å². The lowest BCUT2D eigenvalue weighted by Gasteiger charge is -1.97. The van der Waals surface area contributed by atoms with Gasteiger partial charge in [0, 0.05) is 13.5 Å². The van der Waals surface area contributed by atoms with Crippen molar-refractivity contribution in [2.45, 2.75) is 12.8 Å². The van der Waals surface area contributed by atoms with Crippen molar-refractivity contribution in [3.8, 4) is 0 Å². The summed E-state index contributed by atoms with van der Waals surface area (Å²) >= 11 is 0. The van der Waals surface area contributed by atoms with Crippen LogP contribution in [0.5, 0.6) is 0 Å². The van der Waals surface area contributed by atoms with Crippen LogP contribution in [0.2, 0.25) is 0 Å². The second-order valence-corrected chi connectivity index (χ2v) is 3.03. The van der Waals surface area contributed by atoms with E-state index in [0.29, 0.717) is 0 Å². The van der Waals surface area contributed by atoms with Crippen molar-refractivity contribution in [3.63, 3.8) is 0 Å². The maximum absolute atomic E-state index is 12.6. The highest BCUT2D eigenvalue weighted by Gasteiger charge is 2.72. The number of amides is 1. The molecule has 0 unspecified atom stereocenters. The molecule has 1 rings (SSSR count). The Labute approximate surface area is 72.9 Å². The minimum absolute atomic E-state index is 0.278. The Morgan fingerprint density at radius 2 is 2.08 bits per heavy atom. The minimum Gasteiger partial charge on any atom is -0.481 e. The highest BCUT2D eigenvalue weighted by Crippen LogP contribution is 2.54. The van der Waals surface area contributed by atoms with E-state index in [2.05, 4.69) is 5.32 Å². The first kappa shape index (κ1) is 9.88. The number of carbonyl (C=O) groups is 2. The van der Waals surface area contributed by atoms with Crippen molar-refractivity contribution in [1.29, 1.82) is 0 Å². The number of aliphatic carboxylic acids is 1. The second-order valence-electron chi connectivity index (χ2n) is 3.03. The van der Waals surface area contributed by atoms with E-state index in [1.807, 2.05) is 0 Å². The maximum atomic E-state index is 12.6. The number of halogens is 2. The van der Waals surface area contributed by atoms with Gasteiger partial charge in [0.05, 0.1) is 5.92 Å². The summed E-state index contributed by atoms with van der Waals surface area (Å²) in [7, 11) is 0. The third kappa shape index (κ3) is 1.76. The fourth-order valence-corrected chi connectivity index (χ4v) is 1.23. The quantitative estimate of drug-likeness (QED) is 0.667. The normalized spacial score (nSPS) is 29.5. The van der Waals surface area contributed by atoms with Crippen LogP contribution in [0, 0.1) is 11.8 Å². The molecule has 0 aromatic rings. The average molecular weight is 193 g/mol. The predicted octanol–water partition coefficient (Wildman–Crippen LogP) is 0.0884. The number of hydrogen-bond donors (Lipinski definition) is 2. The Hall–Kier alpha value is -1.20. The summed E-state index contributed by atoms with van der Waals surface area (Å²) in [6.45, 7) is 0.912. The number of alkyl halides is 2. The molecule has 1 fully saturated rings. The lowest BCUT2D eigenvalue weighted by Crippen LogP contribution is -2.24. The second kappa shape index (κ2) is 2.93. The smallest absolute Gasteiger partial charge is 0.313 e. The van der Waals surface area contributed by atoms with Crippen molar-refractivity contribution < 1.29 is 23.5 Å². The van der Waals surface area contributed by atoms with Gasteiger partial charge in [-0.05, 0) is 0 Å². The monoisotopic (exact) mass is 193 g/mol. The molecule has 0 saturated heterocycles. The van der Waals surface area contributed by atoms with E-state index in [4.69, 9.17) is 5.11 Å². The summed E-state index contributed by atoms with van der Waals surface area (Å²) in [6.07, 6.45) is 0. The summed E-state index contributed by atoms with van der Waals surface area (Å²) in [5.74, 6) is -8.02. The molecule has 0 aromatic carbocycles. The van der Waals surface area contributed by atoms with Crippen molar-refractivity contribution in [1.82, 2.24) is 5.32 Å². The van der Waals surface area contributed by atoms with E-state index >= 15 is 0 Å². The predicted molar refractivity (Wildman–Crippen MR) is 38.2 cm³/mol. The molecule has 0 aromatic heterocycles. The molecule has 0 bridgehead atoms. The van der Waals surface area contributed by atoms with Gasteiger partial charge >= 0.3 is 5.97 Å². The SMILES string of the molecule is CC(=O)NC[C@@H]1[C@H](C(=O)O)C1(F)F. The molecule has 1 saturated carbocycles. The van der Waals surface area contributed by atoms with Crippen molar-refractivity contribution >= 4 is 11.9 Å². The third-order valence-corrected chi connectivity index (χ3v) is 2.04. The molecule has 0 aliphatic heterocycles. The maximum Gasteiger partial charge on any atom is 0.313 e. The first-order chi connectivity index (χ1) is 5.87.